The lowest BCUT2D eigenvalue weighted by atomic mass is 9.98. The molecule has 12 heteroatoms. The van der Waals surface area contributed by atoms with Gasteiger partial charge in [-0.1, -0.05) is 12.1 Å². The molecule has 2 N–H and O–H groups in total. The van der Waals surface area contributed by atoms with Gasteiger partial charge in [0.05, 0.1) is 36.0 Å². The van der Waals surface area contributed by atoms with Gasteiger partial charge in [-0.2, -0.15) is 26.3 Å². The standard InChI is InChI=1S/C20H17F6N3O3/c21-19(22,23)13-3-1-12(2-4-13)7-16(30)28-18(17(31)32)5-6-29(11-18)15-8-14(9-27-10-15)20(24,25)26/h1-4,8-10H,5-7,11H2,(H,28,30)(H,31,32)/t18-/m0/s1. The SMILES string of the molecule is O=C(Cc1ccc(C(F)(F)F)cc1)N[C@@]1(C(=O)O)CCN(c2cncc(C(F)(F)F)c2)C1. The fraction of sp³-hybridized carbons (Fsp3) is 0.350. The van der Waals surface area contributed by atoms with Crippen molar-refractivity contribution in [1.82, 2.24) is 10.3 Å². The molecule has 1 aliphatic heterocycles. The predicted octanol–water partition coefficient (Wildman–Crippen LogP) is 3.51. The van der Waals surface area contributed by atoms with E-state index in [1.807, 2.05) is 0 Å². The molecule has 0 saturated carbocycles. The Morgan fingerprint density at radius 2 is 1.66 bits per heavy atom. The summed E-state index contributed by atoms with van der Waals surface area (Å²) in [6.45, 7) is -0.250. The van der Waals surface area contributed by atoms with Crippen molar-refractivity contribution in [1.29, 1.82) is 0 Å². The van der Waals surface area contributed by atoms with Gasteiger partial charge in [0.15, 0.2) is 5.54 Å². The fourth-order valence-corrected chi connectivity index (χ4v) is 3.42. The van der Waals surface area contributed by atoms with Gasteiger partial charge >= 0.3 is 18.3 Å². The first-order valence-corrected chi connectivity index (χ1v) is 9.28. The Morgan fingerprint density at radius 3 is 2.22 bits per heavy atom. The Kier molecular flexibility index (Phi) is 6.07. The van der Waals surface area contributed by atoms with Crippen molar-refractivity contribution in [3.05, 3.63) is 59.4 Å². The number of hydrogen-bond acceptors (Lipinski definition) is 4. The number of halogens is 6. The van der Waals surface area contributed by atoms with E-state index in [1.54, 1.807) is 0 Å². The maximum Gasteiger partial charge on any atom is 0.417 e. The van der Waals surface area contributed by atoms with Crippen molar-refractivity contribution in [3.63, 3.8) is 0 Å². The number of rotatable bonds is 5. The van der Waals surface area contributed by atoms with Crippen LogP contribution >= 0.6 is 0 Å². The molecule has 1 amide bonds. The van der Waals surface area contributed by atoms with Crippen LogP contribution in [0, 0.1) is 0 Å². The summed E-state index contributed by atoms with van der Waals surface area (Å²) in [5.74, 6) is -2.11. The summed E-state index contributed by atoms with van der Waals surface area (Å²) in [7, 11) is 0. The van der Waals surface area contributed by atoms with Crippen LogP contribution in [-0.4, -0.2) is 40.6 Å². The van der Waals surface area contributed by atoms with E-state index >= 15 is 0 Å². The Bertz CT molecular complexity index is 1010. The number of carboxylic acids is 1. The van der Waals surface area contributed by atoms with E-state index in [-0.39, 0.29) is 37.2 Å². The van der Waals surface area contributed by atoms with Gasteiger partial charge in [-0.25, -0.2) is 4.79 Å². The molecule has 1 aromatic carbocycles. The summed E-state index contributed by atoms with van der Waals surface area (Å²) in [5, 5.41) is 12.1. The molecule has 0 bridgehead atoms. The topological polar surface area (TPSA) is 82.5 Å². The zero-order valence-electron chi connectivity index (χ0n) is 16.3. The molecule has 32 heavy (non-hydrogen) atoms. The number of hydrogen-bond donors (Lipinski definition) is 2. The highest BCUT2D eigenvalue weighted by Gasteiger charge is 2.46. The number of pyridine rings is 1. The molecule has 3 rings (SSSR count). The third kappa shape index (κ3) is 5.11. The first kappa shape index (κ1) is 23.4. The van der Waals surface area contributed by atoms with Crippen LogP contribution in [0.5, 0.6) is 0 Å². The normalized spacial score (nSPS) is 19.1. The highest BCUT2D eigenvalue weighted by atomic mass is 19.4. The Balaban J connectivity index is 1.72. The molecule has 0 radical (unpaired) electrons. The number of amides is 1. The lowest BCUT2D eigenvalue weighted by molar-refractivity contribution is -0.146. The minimum atomic E-state index is -4.62. The zero-order valence-corrected chi connectivity index (χ0v) is 16.3. The summed E-state index contributed by atoms with van der Waals surface area (Å²) in [6.07, 6.45) is -7.79. The van der Waals surface area contributed by atoms with E-state index in [9.17, 15) is 41.0 Å². The van der Waals surface area contributed by atoms with Gasteiger partial charge in [-0.3, -0.25) is 9.78 Å². The number of nitrogens with one attached hydrogen (secondary N) is 1. The molecule has 1 atom stereocenters. The number of anilines is 1. The number of aromatic nitrogens is 1. The molecular formula is C20H17F6N3O3. The largest absolute Gasteiger partial charge is 0.479 e. The molecular weight excluding hydrogens is 444 g/mol. The summed E-state index contributed by atoms with van der Waals surface area (Å²) in [4.78, 5) is 29.2. The summed E-state index contributed by atoms with van der Waals surface area (Å²) < 4.78 is 76.7. The number of benzene rings is 1. The second-order valence-corrected chi connectivity index (χ2v) is 7.41. The van der Waals surface area contributed by atoms with Gasteiger partial charge in [0.1, 0.15) is 0 Å². The summed E-state index contributed by atoms with van der Waals surface area (Å²) >= 11 is 0. The van der Waals surface area contributed by atoms with Gasteiger partial charge in [0.2, 0.25) is 5.91 Å². The van der Waals surface area contributed by atoms with Gasteiger partial charge in [0.25, 0.3) is 0 Å². The first-order chi connectivity index (χ1) is 14.8. The number of alkyl halides is 6. The van der Waals surface area contributed by atoms with E-state index in [0.717, 1.165) is 36.5 Å². The number of carbonyl (C=O) groups excluding carboxylic acids is 1. The lowest BCUT2D eigenvalue weighted by Crippen LogP contribution is -2.56. The smallest absolute Gasteiger partial charge is 0.417 e. The fourth-order valence-electron chi connectivity index (χ4n) is 3.42. The quantitative estimate of drug-likeness (QED) is 0.667. The molecule has 1 saturated heterocycles. The summed E-state index contributed by atoms with van der Waals surface area (Å²) in [6, 6.07) is 4.70. The zero-order chi connectivity index (χ0) is 23.7. The average molecular weight is 461 g/mol. The van der Waals surface area contributed by atoms with E-state index in [1.165, 1.54) is 4.90 Å². The molecule has 1 fully saturated rings. The molecule has 2 aromatic rings. The Labute approximate surface area is 177 Å². The molecule has 1 aliphatic rings. The van der Waals surface area contributed by atoms with Crippen LogP contribution in [0.3, 0.4) is 0 Å². The van der Waals surface area contributed by atoms with Gasteiger partial charge in [0, 0.05) is 19.2 Å². The van der Waals surface area contributed by atoms with Crippen molar-refractivity contribution >= 4 is 17.6 Å². The number of aliphatic carboxylic acids is 1. The van der Waals surface area contributed by atoms with Crippen LogP contribution in [0.25, 0.3) is 0 Å². The van der Waals surface area contributed by atoms with E-state index in [2.05, 4.69) is 10.3 Å². The van der Waals surface area contributed by atoms with Gasteiger partial charge < -0.3 is 15.3 Å². The van der Waals surface area contributed by atoms with Crippen LogP contribution in [0.2, 0.25) is 0 Å². The second-order valence-electron chi connectivity index (χ2n) is 7.41. The maximum atomic E-state index is 12.9. The minimum Gasteiger partial charge on any atom is -0.479 e. The molecule has 2 heterocycles. The third-order valence-electron chi connectivity index (χ3n) is 5.12. The summed E-state index contributed by atoms with van der Waals surface area (Å²) in [5.41, 5.74) is -3.34. The first-order valence-electron chi connectivity index (χ1n) is 9.28. The van der Waals surface area contributed by atoms with Crippen LogP contribution in [0.1, 0.15) is 23.1 Å². The minimum absolute atomic E-state index is 0.0514. The molecule has 6 nitrogen and oxygen atoms in total. The number of carboxylic acid groups (broad SMARTS) is 1. The average Bonchev–Trinajstić information content (AvgIpc) is 3.12. The van der Waals surface area contributed by atoms with E-state index in [4.69, 9.17) is 0 Å². The van der Waals surface area contributed by atoms with Crippen LogP contribution < -0.4 is 10.2 Å². The van der Waals surface area contributed by atoms with Crippen LogP contribution in [-0.2, 0) is 28.4 Å². The van der Waals surface area contributed by atoms with Crippen molar-refractivity contribution in [2.45, 2.75) is 30.7 Å². The second kappa shape index (κ2) is 8.32. The monoisotopic (exact) mass is 461 g/mol. The van der Waals surface area contributed by atoms with E-state index < -0.39 is 40.9 Å². The highest BCUT2D eigenvalue weighted by Crippen LogP contribution is 2.33. The van der Waals surface area contributed by atoms with Crippen LogP contribution in [0.15, 0.2) is 42.7 Å². The predicted molar refractivity (Wildman–Crippen MR) is 99.7 cm³/mol. The Morgan fingerprint density at radius 1 is 1.03 bits per heavy atom. The highest BCUT2D eigenvalue weighted by molar-refractivity contribution is 5.89. The maximum absolute atomic E-state index is 12.9. The number of carbonyl (C=O) groups is 2. The molecule has 172 valence electrons. The van der Waals surface area contributed by atoms with Crippen molar-refractivity contribution in [2.75, 3.05) is 18.0 Å². The molecule has 0 spiro atoms. The van der Waals surface area contributed by atoms with Gasteiger partial charge in [-0.15, -0.1) is 0 Å². The molecule has 0 unspecified atom stereocenters. The van der Waals surface area contributed by atoms with Crippen molar-refractivity contribution < 1.29 is 41.0 Å². The molecule has 0 aliphatic carbocycles. The molecule has 1 aromatic heterocycles. The van der Waals surface area contributed by atoms with Crippen LogP contribution in [0.4, 0.5) is 32.0 Å². The van der Waals surface area contributed by atoms with Crippen molar-refractivity contribution in [3.8, 4) is 0 Å². The van der Waals surface area contributed by atoms with Gasteiger partial charge in [-0.05, 0) is 23.8 Å². The van der Waals surface area contributed by atoms with E-state index in [0.29, 0.717) is 6.20 Å². The Hall–Kier alpha value is -3.31. The lowest BCUT2D eigenvalue weighted by Gasteiger charge is -2.27. The number of nitrogens with zero attached hydrogens (tertiary/aromatic N) is 2. The third-order valence-corrected chi connectivity index (χ3v) is 5.12. The van der Waals surface area contributed by atoms with Crippen molar-refractivity contribution in [2.24, 2.45) is 0 Å².